The minimum atomic E-state index is -1.98. The number of H-pyrrole nitrogens is 1. The highest BCUT2D eigenvalue weighted by atomic mass is 32.2. The smallest absolute Gasteiger partial charge is 0.305 e. The molecule has 7 aromatic carbocycles. The summed E-state index contributed by atoms with van der Waals surface area (Å²) in [6.07, 6.45) is -0.576. The van der Waals surface area contributed by atoms with Gasteiger partial charge in [0.2, 0.25) is 88.6 Å². The van der Waals surface area contributed by atoms with Crippen LogP contribution in [0.2, 0.25) is 0 Å². The SMILES string of the molecule is CCCC[C@H]1C(=O)N(C)CC(=O)N[C@@H](CC(=O)O)C(=O)N[C@@H](Cc2ccc(O)cc2)C(=O)N(C)C(Cc2ccccc2)C(=O)N[C@@H](Cc2ccc(O)cc2)C(=O)N(C)CC(=O)N[C@@H](Cc2c[nH]c3ccccc23)C(=O)N[C@@H](Cc2ccc(O)cc2)C(=O)N[C@@H](CC(C)C)C(=O)N[C@H](C(=O)NCC(N)=O)CSCC(=O)N[C@@H](Cc2ccccc2)C(=O)N(C)[C@@H](Cc2ccccc2)C(=O)N1C. The number of carboxylic acid groups (broad SMARTS) is 1. The van der Waals surface area contributed by atoms with Crippen LogP contribution in [0.3, 0.4) is 0 Å². The number of aromatic nitrogens is 1. The maximum absolute atomic E-state index is 15.6. The van der Waals surface area contributed by atoms with Gasteiger partial charge in [-0.05, 0) is 100 Å². The monoisotopic (exact) mass is 1860 g/mol. The van der Waals surface area contributed by atoms with Crippen molar-refractivity contribution in [3.63, 3.8) is 0 Å². The molecule has 0 aliphatic carbocycles. The van der Waals surface area contributed by atoms with Crippen molar-refractivity contribution in [3.8, 4) is 17.2 Å². The molecule has 1 aliphatic heterocycles. The number of nitrogens with two attached hydrogens (primary N) is 1. The lowest BCUT2D eigenvalue weighted by Gasteiger charge is -2.37. The number of thioether (sulfide) groups is 1. The van der Waals surface area contributed by atoms with Crippen molar-refractivity contribution >= 4 is 117 Å². The number of benzene rings is 7. The molecule has 1 aromatic heterocycles. The molecule has 8 aromatic rings. The summed E-state index contributed by atoms with van der Waals surface area (Å²) in [6, 6.07) is 32.0. The number of para-hydroxylation sites is 1. The zero-order valence-electron chi connectivity index (χ0n) is 76.0. The Balaban J connectivity index is 1.13. The maximum Gasteiger partial charge on any atom is 0.305 e. The highest BCUT2D eigenvalue weighted by Gasteiger charge is 2.42. The molecular weight excluding hydrogens is 1740 g/mol. The number of nitrogens with zero attached hydrogens (tertiary/aromatic N) is 5. The Kier molecular flexibility index (Phi) is 38.5. The third-order valence-electron chi connectivity index (χ3n) is 22.8. The summed E-state index contributed by atoms with van der Waals surface area (Å²) in [6.45, 7) is 2.96. The van der Waals surface area contributed by atoms with Crippen LogP contribution in [0.5, 0.6) is 17.2 Å². The standard InChI is InChI=1S/C97H118N16O20S/c1-9-10-30-79-96(132)110(5)55-84(119)102-74(51-86(121)122)91(127)106-77(47-64-35-41-68(116)42-36-64)95(131)112(7)80(48-60-24-16-12-17-25-60)92(128)107-75(46-63-33-39-67(115)40-34-63)93(129)109(4)54-83(118)101-73(50-65-52-99-70-29-21-20-28-69(65)70)90(126)105-72(44-62-31-37-66(114)38-32-62)89(125)104-71(43-58(2)3)88(124)108-78(87(123)100-53-82(98)117)56-134-57-85(120)103-76(45-59-22-14-11-15-23-59)94(130)113(8)81(97(133)111(79)6)49-61-26-18-13-19-27-61/h11-29,31-42,52,58,71-81,99,114-116H,9-10,30,43-51,53-57H2,1-8H3,(H2,98,117)(H,100,123)(H,101,118)(H,102,119)(H,103,120)(H,104,125)(H,105,126)(H,106,127)(H,107,128)(H,108,124)(H,121,122)/t71-,72-,73-,74-,75-,76-,77-,78-,79-,80?,81-/m0/s1. The summed E-state index contributed by atoms with van der Waals surface area (Å²) < 4.78 is 0. The van der Waals surface area contributed by atoms with E-state index in [0.717, 1.165) is 36.3 Å². The number of primary amides is 1. The molecule has 2 heterocycles. The molecule has 1 saturated heterocycles. The van der Waals surface area contributed by atoms with E-state index in [1.54, 1.807) is 135 Å². The number of hydrogen-bond acceptors (Lipinski definition) is 20. The number of aromatic hydroxyl groups is 3. The predicted molar refractivity (Wildman–Crippen MR) is 499 cm³/mol. The lowest BCUT2D eigenvalue weighted by molar-refractivity contribution is -0.151. The van der Waals surface area contributed by atoms with E-state index in [4.69, 9.17) is 5.73 Å². The average molecular weight is 1860 g/mol. The molecule has 36 nitrogen and oxygen atoms in total. The lowest BCUT2D eigenvalue weighted by Crippen LogP contribution is -2.60. The first-order chi connectivity index (χ1) is 63.9. The zero-order chi connectivity index (χ0) is 97.4. The highest BCUT2D eigenvalue weighted by Crippen LogP contribution is 2.25. The number of amides is 15. The van der Waals surface area contributed by atoms with Crippen molar-refractivity contribution < 1.29 is 97.1 Å². The van der Waals surface area contributed by atoms with Crippen LogP contribution in [0.4, 0.5) is 0 Å². The van der Waals surface area contributed by atoms with Crippen molar-refractivity contribution in [1.29, 1.82) is 0 Å². The Bertz CT molecular complexity index is 5420. The number of hydrogen-bond donors (Lipinski definition) is 15. The summed E-state index contributed by atoms with van der Waals surface area (Å²) in [5.74, 6) is -17.3. The topological polar surface area (TPSA) is 520 Å². The van der Waals surface area contributed by atoms with Gasteiger partial charge in [0, 0.05) is 103 Å². The number of carbonyl (C=O) groups is 16. The average Bonchev–Trinajstić information content (AvgIpc) is 1.23. The van der Waals surface area contributed by atoms with E-state index >= 15 is 38.4 Å². The summed E-state index contributed by atoms with van der Waals surface area (Å²) in [5.41, 5.74) is 9.33. The zero-order valence-corrected chi connectivity index (χ0v) is 76.8. The number of likely N-dealkylation sites (N-methyl/N-ethyl adjacent to an activating group) is 5. The number of aliphatic carboxylic acids is 1. The molecule has 712 valence electrons. The van der Waals surface area contributed by atoms with Gasteiger partial charge >= 0.3 is 5.97 Å². The third kappa shape index (κ3) is 31.0. The van der Waals surface area contributed by atoms with Crippen LogP contribution in [-0.4, -0.2) is 277 Å². The van der Waals surface area contributed by atoms with E-state index in [2.05, 4.69) is 52.8 Å². The fraction of sp³-hybridized carbons (Fsp3) is 0.381. The lowest BCUT2D eigenvalue weighted by atomic mass is 9.99. The van der Waals surface area contributed by atoms with Crippen molar-refractivity contribution in [2.75, 3.05) is 66.4 Å². The number of phenols is 3. The molecule has 15 amide bonds. The minimum Gasteiger partial charge on any atom is -0.508 e. The number of rotatable bonds is 24. The van der Waals surface area contributed by atoms with Crippen molar-refractivity contribution in [1.82, 2.24) is 77.3 Å². The largest absolute Gasteiger partial charge is 0.508 e. The molecule has 16 N–H and O–H groups in total. The van der Waals surface area contributed by atoms with Crippen LogP contribution < -0.4 is 53.6 Å². The van der Waals surface area contributed by atoms with E-state index in [9.17, 15) is 58.8 Å². The van der Waals surface area contributed by atoms with E-state index in [1.165, 1.54) is 108 Å². The Hall–Kier alpha value is -14.7. The Morgan fingerprint density at radius 2 is 0.821 bits per heavy atom. The van der Waals surface area contributed by atoms with Crippen LogP contribution in [0, 0.1) is 5.92 Å². The second-order valence-electron chi connectivity index (χ2n) is 33.8. The van der Waals surface area contributed by atoms with Crippen molar-refractivity contribution in [3.05, 3.63) is 233 Å². The van der Waals surface area contributed by atoms with Gasteiger partial charge in [-0.25, -0.2) is 0 Å². The number of phenolic OH excluding ortho intramolecular Hbond substituents is 3. The molecule has 37 heteroatoms. The van der Waals surface area contributed by atoms with Gasteiger partial charge in [-0.3, -0.25) is 76.7 Å². The quantitative estimate of drug-likeness (QED) is 0.0413. The van der Waals surface area contributed by atoms with E-state index in [1.807, 2.05) is 6.92 Å². The Labute approximate surface area is 780 Å². The molecule has 9 rings (SSSR count). The van der Waals surface area contributed by atoms with Gasteiger partial charge in [0.05, 0.1) is 31.8 Å². The van der Waals surface area contributed by atoms with Gasteiger partial charge in [0.25, 0.3) is 0 Å². The van der Waals surface area contributed by atoms with Gasteiger partial charge in [-0.15, -0.1) is 11.8 Å². The number of carboxylic acids is 1. The van der Waals surface area contributed by atoms with E-state index < -0.39 is 205 Å². The van der Waals surface area contributed by atoms with Gasteiger partial charge in [0.15, 0.2) is 0 Å². The molecule has 0 saturated carbocycles. The van der Waals surface area contributed by atoms with Gasteiger partial charge in [-0.2, -0.15) is 0 Å². The molecule has 11 atom stereocenters. The molecule has 1 fully saturated rings. The molecule has 0 spiro atoms. The van der Waals surface area contributed by atoms with Crippen LogP contribution in [0.15, 0.2) is 194 Å². The fourth-order valence-electron chi connectivity index (χ4n) is 15.5. The second kappa shape index (κ2) is 50.1. The van der Waals surface area contributed by atoms with Gasteiger partial charge in [-0.1, -0.05) is 179 Å². The Morgan fingerprint density at radius 3 is 1.33 bits per heavy atom. The summed E-state index contributed by atoms with van der Waals surface area (Å²) in [5, 5.41) is 66.2. The normalized spacial score (nSPS) is 21.5. The molecule has 1 unspecified atom stereocenters. The number of nitrogens with one attached hydrogen (secondary N) is 10. The molecule has 0 bridgehead atoms. The maximum atomic E-state index is 15.6. The van der Waals surface area contributed by atoms with Crippen LogP contribution in [0.25, 0.3) is 10.9 Å². The third-order valence-corrected chi connectivity index (χ3v) is 23.9. The fourth-order valence-corrected chi connectivity index (χ4v) is 16.4. The van der Waals surface area contributed by atoms with Crippen LogP contribution >= 0.6 is 11.8 Å². The highest BCUT2D eigenvalue weighted by molar-refractivity contribution is 8.00. The summed E-state index contributed by atoms with van der Waals surface area (Å²) >= 11 is 0.823. The number of fused-ring (bicyclic) bond motifs is 1. The number of carbonyl (C=O) groups excluding carboxylic acids is 15. The first-order valence-electron chi connectivity index (χ1n) is 44.0. The van der Waals surface area contributed by atoms with Gasteiger partial charge in [0.1, 0.15) is 83.7 Å². The van der Waals surface area contributed by atoms with E-state index in [-0.39, 0.29) is 74.5 Å². The predicted octanol–water partition coefficient (Wildman–Crippen LogP) is 2.62. The van der Waals surface area contributed by atoms with Gasteiger partial charge < -0.3 is 103 Å². The summed E-state index contributed by atoms with van der Waals surface area (Å²) in [7, 11) is 6.46. The second-order valence-corrected chi connectivity index (χ2v) is 34.8. The first-order valence-corrected chi connectivity index (χ1v) is 45.1. The van der Waals surface area contributed by atoms with Crippen molar-refractivity contribution in [2.45, 2.75) is 164 Å². The number of unbranched alkanes of at least 4 members (excludes halogenated alkanes) is 1. The first kappa shape index (κ1) is 103. The van der Waals surface area contributed by atoms with Crippen LogP contribution in [0.1, 0.15) is 91.8 Å². The summed E-state index contributed by atoms with van der Waals surface area (Å²) in [4.78, 5) is 245. The van der Waals surface area contributed by atoms with E-state index in [0.29, 0.717) is 62.7 Å². The molecule has 134 heavy (non-hydrogen) atoms. The van der Waals surface area contributed by atoms with Crippen molar-refractivity contribution in [2.24, 2.45) is 11.7 Å². The number of aromatic amines is 1. The van der Waals surface area contributed by atoms with Crippen LogP contribution in [-0.2, 0) is 122 Å². The minimum absolute atomic E-state index is 0.00791. The molecular formula is C97H118N16O20S. The molecule has 1 aliphatic rings. The molecule has 0 radical (unpaired) electrons. The Morgan fingerprint density at radius 1 is 0.425 bits per heavy atom.